The molecule has 0 bridgehead atoms. The van der Waals surface area contributed by atoms with Crippen molar-refractivity contribution in [1.82, 2.24) is 5.32 Å². The third-order valence-corrected chi connectivity index (χ3v) is 5.34. The topological polar surface area (TPSA) is 15.3 Å². The zero-order chi connectivity index (χ0) is 15.2. The van der Waals surface area contributed by atoms with E-state index in [9.17, 15) is 4.39 Å². The highest BCUT2D eigenvalue weighted by Gasteiger charge is 2.46. The summed E-state index contributed by atoms with van der Waals surface area (Å²) in [6.07, 6.45) is 2.65. The minimum Gasteiger partial charge on any atom is -0.365 e. The van der Waals surface area contributed by atoms with E-state index >= 15 is 0 Å². The average Bonchev–Trinajstić information content (AvgIpc) is 3.26. The zero-order valence-corrected chi connectivity index (χ0v) is 13.6. The van der Waals surface area contributed by atoms with Crippen LogP contribution in [0.4, 0.5) is 10.1 Å². The van der Waals surface area contributed by atoms with E-state index in [1.165, 1.54) is 18.4 Å². The Morgan fingerprint density at radius 3 is 2.67 bits per heavy atom. The van der Waals surface area contributed by atoms with Crippen molar-refractivity contribution >= 4 is 5.69 Å². The molecule has 1 saturated heterocycles. The Labute approximate surface area is 127 Å². The Balaban J connectivity index is 1.95. The Morgan fingerprint density at radius 1 is 1.33 bits per heavy atom. The first-order valence-electron chi connectivity index (χ1n) is 8.18. The Morgan fingerprint density at radius 2 is 2.05 bits per heavy atom. The summed E-state index contributed by atoms with van der Waals surface area (Å²) in [5.74, 6) is 1.19. The number of nitrogens with zero attached hydrogens (tertiary/aromatic N) is 1. The molecule has 2 aliphatic rings. The number of hydrogen-bond acceptors (Lipinski definition) is 2. The van der Waals surface area contributed by atoms with E-state index in [1.807, 2.05) is 6.07 Å². The van der Waals surface area contributed by atoms with Crippen LogP contribution in [-0.2, 0) is 0 Å². The standard InChI is InChI=1S/C18H27FN2/c1-12(2)17-10-20-18(4,14-6-7-14)11-21(17)16-9-15(19)8-5-13(16)3/h5,8-9,12,14,17,20H,6-7,10-11H2,1-4H3. The molecule has 0 radical (unpaired) electrons. The molecule has 116 valence electrons. The summed E-state index contributed by atoms with van der Waals surface area (Å²) in [5, 5.41) is 3.79. The van der Waals surface area contributed by atoms with E-state index in [4.69, 9.17) is 0 Å². The Bertz CT molecular complexity index is 524. The van der Waals surface area contributed by atoms with Crippen LogP contribution < -0.4 is 10.2 Å². The minimum absolute atomic E-state index is 0.134. The van der Waals surface area contributed by atoms with Gasteiger partial charge in [-0.05, 0) is 56.2 Å². The van der Waals surface area contributed by atoms with Gasteiger partial charge in [0.15, 0.2) is 0 Å². The Kier molecular flexibility index (Phi) is 3.73. The van der Waals surface area contributed by atoms with Crippen LogP contribution in [0.5, 0.6) is 0 Å². The number of aryl methyl sites for hydroxylation is 1. The van der Waals surface area contributed by atoms with Crippen molar-refractivity contribution in [3.8, 4) is 0 Å². The van der Waals surface area contributed by atoms with E-state index < -0.39 is 0 Å². The highest BCUT2D eigenvalue weighted by Crippen LogP contribution is 2.43. The van der Waals surface area contributed by atoms with Gasteiger partial charge < -0.3 is 10.2 Å². The molecule has 21 heavy (non-hydrogen) atoms. The summed E-state index contributed by atoms with van der Waals surface area (Å²) in [5.41, 5.74) is 2.41. The average molecular weight is 290 g/mol. The molecule has 1 N–H and O–H groups in total. The molecule has 1 aliphatic heterocycles. The molecule has 2 fully saturated rings. The second kappa shape index (κ2) is 5.28. The van der Waals surface area contributed by atoms with E-state index in [2.05, 4.69) is 37.9 Å². The lowest BCUT2D eigenvalue weighted by atomic mass is 9.87. The highest BCUT2D eigenvalue weighted by molar-refractivity contribution is 5.55. The third kappa shape index (κ3) is 2.80. The van der Waals surface area contributed by atoms with E-state index in [0.29, 0.717) is 12.0 Å². The fourth-order valence-electron chi connectivity index (χ4n) is 3.72. The molecule has 0 spiro atoms. The minimum atomic E-state index is -0.134. The summed E-state index contributed by atoms with van der Waals surface area (Å²) < 4.78 is 13.8. The molecule has 2 nitrogen and oxygen atoms in total. The maximum absolute atomic E-state index is 13.8. The van der Waals surface area contributed by atoms with Crippen molar-refractivity contribution in [1.29, 1.82) is 0 Å². The van der Waals surface area contributed by atoms with Crippen molar-refractivity contribution in [2.45, 2.75) is 52.1 Å². The van der Waals surface area contributed by atoms with Gasteiger partial charge in [-0.2, -0.15) is 0 Å². The molecule has 3 rings (SSSR count). The fraction of sp³-hybridized carbons (Fsp3) is 0.667. The smallest absolute Gasteiger partial charge is 0.125 e. The predicted octanol–water partition coefficient (Wildman–Crippen LogP) is 3.74. The van der Waals surface area contributed by atoms with Crippen molar-refractivity contribution in [2.75, 3.05) is 18.0 Å². The van der Waals surface area contributed by atoms with E-state index in [-0.39, 0.29) is 11.4 Å². The van der Waals surface area contributed by atoms with Crippen molar-refractivity contribution < 1.29 is 4.39 Å². The van der Waals surface area contributed by atoms with Crippen LogP contribution in [0.2, 0.25) is 0 Å². The van der Waals surface area contributed by atoms with Gasteiger partial charge in [0.2, 0.25) is 0 Å². The predicted molar refractivity (Wildman–Crippen MR) is 86.2 cm³/mol. The lowest BCUT2D eigenvalue weighted by molar-refractivity contribution is 0.233. The van der Waals surface area contributed by atoms with Crippen LogP contribution in [-0.4, -0.2) is 24.7 Å². The summed E-state index contributed by atoms with van der Waals surface area (Å²) in [6, 6.07) is 5.60. The van der Waals surface area contributed by atoms with Crippen LogP contribution in [0.25, 0.3) is 0 Å². The second-order valence-electron chi connectivity index (χ2n) is 7.44. The first-order valence-corrected chi connectivity index (χ1v) is 8.18. The second-order valence-corrected chi connectivity index (χ2v) is 7.44. The molecule has 1 saturated carbocycles. The first-order chi connectivity index (χ1) is 9.90. The number of hydrogen-bond donors (Lipinski definition) is 1. The Hall–Kier alpha value is -1.09. The molecule has 0 aromatic heterocycles. The maximum atomic E-state index is 13.8. The van der Waals surface area contributed by atoms with Gasteiger partial charge in [-0.15, -0.1) is 0 Å². The van der Waals surface area contributed by atoms with Gasteiger partial charge in [0.25, 0.3) is 0 Å². The third-order valence-electron chi connectivity index (χ3n) is 5.34. The van der Waals surface area contributed by atoms with Crippen LogP contribution in [0.3, 0.4) is 0 Å². The van der Waals surface area contributed by atoms with Gasteiger partial charge in [0, 0.05) is 30.4 Å². The van der Waals surface area contributed by atoms with Gasteiger partial charge in [0.1, 0.15) is 5.82 Å². The van der Waals surface area contributed by atoms with Crippen molar-refractivity contribution in [3.05, 3.63) is 29.6 Å². The van der Waals surface area contributed by atoms with Gasteiger partial charge in [-0.1, -0.05) is 19.9 Å². The summed E-state index contributed by atoms with van der Waals surface area (Å²) in [6.45, 7) is 10.9. The molecule has 2 unspecified atom stereocenters. The summed E-state index contributed by atoms with van der Waals surface area (Å²) in [7, 11) is 0. The molecular weight excluding hydrogens is 263 g/mol. The number of anilines is 1. The van der Waals surface area contributed by atoms with Gasteiger partial charge in [-0.25, -0.2) is 4.39 Å². The number of rotatable bonds is 3. The normalized spacial score (nSPS) is 30.0. The van der Waals surface area contributed by atoms with Crippen LogP contribution in [0.15, 0.2) is 18.2 Å². The van der Waals surface area contributed by atoms with Gasteiger partial charge in [0.05, 0.1) is 0 Å². The van der Waals surface area contributed by atoms with Crippen LogP contribution >= 0.6 is 0 Å². The van der Waals surface area contributed by atoms with Gasteiger partial charge >= 0.3 is 0 Å². The lowest BCUT2D eigenvalue weighted by Gasteiger charge is -2.49. The fourth-order valence-corrected chi connectivity index (χ4v) is 3.72. The van der Waals surface area contributed by atoms with E-state index in [0.717, 1.165) is 24.7 Å². The largest absolute Gasteiger partial charge is 0.365 e. The summed E-state index contributed by atoms with van der Waals surface area (Å²) >= 11 is 0. The van der Waals surface area contributed by atoms with Crippen LogP contribution in [0.1, 0.15) is 39.2 Å². The highest BCUT2D eigenvalue weighted by atomic mass is 19.1. The number of halogens is 1. The monoisotopic (exact) mass is 290 g/mol. The molecule has 1 heterocycles. The summed E-state index contributed by atoms with van der Waals surface area (Å²) in [4.78, 5) is 2.46. The number of piperazine rings is 1. The quantitative estimate of drug-likeness (QED) is 0.912. The molecule has 3 heteroatoms. The van der Waals surface area contributed by atoms with Crippen LogP contribution in [0, 0.1) is 24.6 Å². The SMILES string of the molecule is Cc1ccc(F)cc1N1CC(C)(C2CC2)NCC1C(C)C. The van der Waals surface area contributed by atoms with Gasteiger partial charge in [-0.3, -0.25) is 0 Å². The zero-order valence-electron chi connectivity index (χ0n) is 13.6. The molecule has 1 aliphatic carbocycles. The maximum Gasteiger partial charge on any atom is 0.125 e. The molecule has 1 aromatic rings. The molecular formula is C18H27FN2. The molecule has 0 amide bonds. The molecule has 1 aromatic carbocycles. The van der Waals surface area contributed by atoms with E-state index in [1.54, 1.807) is 12.1 Å². The number of benzene rings is 1. The van der Waals surface area contributed by atoms with Crippen molar-refractivity contribution in [2.24, 2.45) is 11.8 Å². The number of nitrogens with one attached hydrogen (secondary N) is 1. The van der Waals surface area contributed by atoms with Crippen molar-refractivity contribution in [3.63, 3.8) is 0 Å². The lowest BCUT2D eigenvalue weighted by Crippen LogP contribution is -2.65. The molecule has 2 atom stereocenters. The first kappa shape index (κ1) is 14.8.